The van der Waals surface area contributed by atoms with Crippen molar-refractivity contribution in [1.82, 2.24) is 0 Å². The van der Waals surface area contributed by atoms with Crippen LogP contribution in [0.25, 0.3) is 0 Å². The van der Waals surface area contributed by atoms with Crippen LogP contribution in [0.5, 0.6) is 28.7 Å². The molecule has 0 amide bonds. The molecule has 0 fully saturated rings. The van der Waals surface area contributed by atoms with Crippen molar-refractivity contribution >= 4 is 11.9 Å². The van der Waals surface area contributed by atoms with Crippen LogP contribution < -0.4 is 23.7 Å². The number of carboxylic acid groups (broad SMARTS) is 1. The Hall–Kier alpha value is -3.88. The zero-order valence-electron chi connectivity index (χ0n) is 15.8. The average molecular weight is 412 g/mol. The molecule has 9 heteroatoms. The molecular weight excluding hydrogens is 396 g/mol. The maximum Gasteiger partial charge on any atom is 0.336 e. The van der Waals surface area contributed by atoms with Gasteiger partial charge in [-0.3, -0.25) is 4.79 Å². The summed E-state index contributed by atoms with van der Waals surface area (Å²) in [7, 11) is 0. The number of carbonyl (C=O) groups excluding carboxylic acids is 1. The topological polar surface area (TPSA) is 110 Å². The van der Waals surface area contributed by atoms with Crippen molar-refractivity contribution in [2.75, 3.05) is 20.2 Å². The van der Waals surface area contributed by atoms with E-state index in [2.05, 4.69) is 0 Å². The van der Waals surface area contributed by atoms with Crippen LogP contribution >= 0.6 is 0 Å². The average Bonchev–Trinajstić information content (AvgIpc) is 3.37. The molecule has 0 aromatic heterocycles. The van der Waals surface area contributed by atoms with Crippen LogP contribution in [0.1, 0.15) is 24.0 Å². The number of fused-ring (bicyclic) bond motifs is 3. The van der Waals surface area contributed by atoms with Gasteiger partial charge in [-0.05, 0) is 23.8 Å². The van der Waals surface area contributed by atoms with Gasteiger partial charge in [0.1, 0.15) is 12.4 Å². The molecule has 0 saturated carbocycles. The maximum absolute atomic E-state index is 12.3. The minimum absolute atomic E-state index is 0.0340. The number of carbonyl (C=O) groups is 2. The molecule has 5 rings (SSSR count). The summed E-state index contributed by atoms with van der Waals surface area (Å²) in [6.07, 6.45) is 0. The normalized spacial score (nSPS) is 18.0. The van der Waals surface area contributed by atoms with Gasteiger partial charge in [-0.25, -0.2) is 4.79 Å². The predicted octanol–water partition coefficient (Wildman–Crippen LogP) is 2.57. The molecule has 3 aliphatic heterocycles. The molecule has 30 heavy (non-hydrogen) atoms. The van der Waals surface area contributed by atoms with Crippen LogP contribution in [0.2, 0.25) is 0 Å². The van der Waals surface area contributed by atoms with Gasteiger partial charge in [0.2, 0.25) is 13.6 Å². The highest BCUT2D eigenvalue weighted by atomic mass is 16.7. The van der Waals surface area contributed by atoms with E-state index in [4.69, 9.17) is 28.4 Å². The monoisotopic (exact) mass is 412 g/mol. The molecule has 9 nitrogen and oxygen atoms in total. The molecule has 1 N–H and O–H groups in total. The third-order valence-electron chi connectivity index (χ3n) is 5.01. The van der Waals surface area contributed by atoms with E-state index in [1.807, 2.05) is 0 Å². The minimum Gasteiger partial charge on any atom is -0.478 e. The van der Waals surface area contributed by atoms with Crippen LogP contribution in [0.4, 0.5) is 0 Å². The number of carboxylic acids is 1. The zero-order chi connectivity index (χ0) is 20.8. The third-order valence-corrected chi connectivity index (χ3v) is 5.01. The summed E-state index contributed by atoms with van der Waals surface area (Å²) >= 11 is 0. The minimum atomic E-state index is -1.19. The Bertz CT molecular complexity index is 1100. The van der Waals surface area contributed by atoms with Crippen LogP contribution in [0.15, 0.2) is 41.7 Å². The molecule has 0 radical (unpaired) electrons. The fraction of sp³-hybridized carbons (Fsp3) is 0.238. The molecule has 1 atom stereocenters. The molecule has 0 aliphatic carbocycles. The van der Waals surface area contributed by atoms with E-state index in [0.29, 0.717) is 39.9 Å². The number of esters is 1. The lowest BCUT2D eigenvalue weighted by Gasteiger charge is -2.29. The molecule has 0 saturated heterocycles. The molecule has 2 aromatic carbocycles. The van der Waals surface area contributed by atoms with Crippen LogP contribution in [-0.2, 0) is 14.3 Å². The SMILES string of the molecule is CC(=O)OCC1=C(C(=O)O)C(c2ccc3c(c2)OCO3)c2cc3c(cc2O1)OCO3. The number of ether oxygens (including phenoxy) is 6. The fourth-order valence-electron chi connectivity index (χ4n) is 3.71. The first-order valence-electron chi connectivity index (χ1n) is 9.12. The molecule has 0 bridgehead atoms. The van der Waals surface area contributed by atoms with Crippen molar-refractivity contribution in [2.24, 2.45) is 0 Å². The molecule has 1 unspecified atom stereocenters. The van der Waals surface area contributed by atoms with Gasteiger partial charge in [0.15, 0.2) is 28.8 Å². The molecule has 3 heterocycles. The van der Waals surface area contributed by atoms with E-state index in [-0.39, 0.29) is 31.5 Å². The van der Waals surface area contributed by atoms with Gasteiger partial charge in [0.05, 0.1) is 5.57 Å². The smallest absolute Gasteiger partial charge is 0.336 e. The third kappa shape index (κ3) is 2.95. The van der Waals surface area contributed by atoms with E-state index in [1.54, 1.807) is 30.3 Å². The fourth-order valence-corrected chi connectivity index (χ4v) is 3.71. The number of benzene rings is 2. The second-order valence-corrected chi connectivity index (χ2v) is 6.81. The summed E-state index contributed by atoms with van der Waals surface area (Å²) in [4.78, 5) is 23.6. The Morgan fingerprint density at radius 2 is 1.63 bits per heavy atom. The Labute approximate surface area is 170 Å². The number of hydrogen-bond donors (Lipinski definition) is 1. The van der Waals surface area contributed by atoms with Gasteiger partial charge in [0, 0.05) is 24.5 Å². The van der Waals surface area contributed by atoms with Crippen LogP contribution in [-0.4, -0.2) is 37.2 Å². The van der Waals surface area contributed by atoms with Gasteiger partial charge in [0.25, 0.3) is 0 Å². The summed E-state index contributed by atoms with van der Waals surface area (Å²) in [5.41, 5.74) is 1.20. The highest BCUT2D eigenvalue weighted by Gasteiger charge is 2.38. The van der Waals surface area contributed by atoms with E-state index < -0.39 is 17.9 Å². The lowest BCUT2D eigenvalue weighted by Crippen LogP contribution is -2.25. The van der Waals surface area contributed by atoms with E-state index in [1.165, 1.54) is 6.92 Å². The lowest BCUT2D eigenvalue weighted by atomic mass is 9.82. The van der Waals surface area contributed by atoms with Crippen molar-refractivity contribution in [3.63, 3.8) is 0 Å². The molecule has 0 spiro atoms. The first kappa shape index (κ1) is 18.2. The summed E-state index contributed by atoms with van der Waals surface area (Å²) in [5, 5.41) is 10.0. The summed E-state index contributed by atoms with van der Waals surface area (Å²) < 4.78 is 32.6. The van der Waals surface area contributed by atoms with E-state index in [9.17, 15) is 14.7 Å². The number of aliphatic carboxylic acids is 1. The van der Waals surface area contributed by atoms with E-state index >= 15 is 0 Å². The van der Waals surface area contributed by atoms with Crippen molar-refractivity contribution in [3.05, 3.63) is 52.8 Å². The molecule has 3 aliphatic rings. The molecule has 154 valence electrons. The van der Waals surface area contributed by atoms with E-state index in [0.717, 1.165) is 0 Å². The van der Waals surface area contributed by atoms with Crippen molar-refractivity contribution in [3.8, 4) is 28.7 Å². The highest BCUT2D eigenvalue weighted by molar-refractivity contribution is 5.91. The van der Waals surface area contributed by atoms with Gasteiger partial charge >= 0.3 is 11.9 Å². The van der Waals surface area contributed by atoms with Gasteiger partial charge in [-0.2, -0.15) is 0 Å². The first-order chi connectivity index (χ1) is 14.5. The second kappa shape index (κ2) is 6.87. The summed E-state index contributed by atoms with van der Waals surface area (Å²) in [5.74, 6) is 0.0574. The van der Waals surface area contributed by atoms with Crippen LogP contribution in [0.3, 0.4) is 0 Å². The molecule has 2 aromatic rings. The quantitative estimate of drug-likeness (QED) is 0.758. The number of hydrogen-bond acceptors (Lipinski definition) is 8. The number of rotatable bonds is 4. The largest absolute Gasteiger partial charge is 0.478 e. The maximum atomic E-state index is 12.3. The first-order valence-corrected chi connectivity index (χ1v) is 9.12. The zero-order valence-corrected chi connectivity index (χ0v) is 15.8. The van der Waals surface area contributed by atoms with Crippen molar-refractivity contribution in [2.45, 2.75) is 12.8 Å². The Morgan fingerprint density at radius 1 is 0.967 bits per heavy atom. The van der Waals surface area contributed by atoms with Crippen LogP contribution in [0, 0.1) is 0 Å². The molecular formula is C21H16O9. The Balaban J connectivity index is 1.69. The van der Waals surface area contributed by atoms with Gasteiger partial charge < -0.3 is 33.5 Å². The van der Waals surface area contributed by atoms with Crippen molar-refractivity contribution in [1.29, 1.82) is 0 Å². The Morgan fingerprint density at radius 3 is 2.33 bits per heavy atom. The standard InChI is InChI=1S/C21H16O9/c1-10(22)25-7-18-20(21(23)24)19(11-2-3-13-15(4-11)27-8-26-13)12-5-16-17(29-9-28-16)6-14(12)30-18/h2-6,19H,7-9H2,1H3,(H,23,24). The Kier molecular flexibility index (Phi) is 4.16. The second-order valence-electron chi connectivity index (χ2n) is 6.81. The van der Waals surface area contributed by atoms with Crippen molar-refractivity contribution < 1.29 is 43.1 Å². The summed E-state index contributed by atoms with van der Waals surface area (Å²) in [6.45, 7) is 1.09. The predicted molar refractivity (Wildman–Crippen MR) is 98.9 cm³/mol. The highest BCUT2D eigenvalue weighted by Crippen LogP contribution is 2.50. The van der Waals surface area contributed by atoms with Gasteiger partial charge in [-0.1, -0.05) is 6.07 Å². The van der Waals surface area contributed by atoms with Gasteiger partial charge in [-0.15, -0.1) is 0 Å². The lowest BCUT2D eigenvalue weighted by molar-refractivity contribution is -0.141. The summed E-state index contributed by atoms with van der Waals surface area (Å²) in [6, 6.07) is 8.58.